The second kappa shape index (κ2) is 7.50. The molecular formula is C22H29NO. The summed E-state index contributed by atoms with van der Waals surface area (Å²) < 4.78 is 6.46. The van der Waals surface area contributed by atoms with Gasteiger partial charge in [0.25, 0.3) is 0 Å². The molecule has 1 aliphatic heterocycles. The first-order chi connectivity index (χ1) is 11.5. The van der Waals surface area contributed by atoms with Crippen molar-refractivity contribution in [3.8, 4) is 0 Å². The van der Waals surface area contributed by atoms with Crippen LogP contribution in [0, 0.1) is 27.7 Å². The van der Waals surface area contributed by atoms with E-state index >= 15 is 0 Å². The summed E-state index contributed by atoms with van der Waals surface area (Å²) in [6.45, 7) is 10.5. The maximum absolute atomic E-state index is 6.46. The van der Waals surface area contributed by atoms with Gasteiger partial charge in [-0.25, -0.2) is 0 Å². The average Bonchev–Trinajstić information content (AvgIpc) is 2.99. The summed E-state index contributed by atoms with van der Waals surface area (Å²) >= 11 is 0. The average molecular weight is 323 g/mol. The molecular weight excluding hydrogens is 294 g/mol. The van der Waals surface area contributed by atoms with Gasteiger partial charge in [0.05, 0.1) is 6.61 Å². The highest BCUT2D eigenvalue weighted by atomic mass is 16.5. The summed E-state index contributed by atoms with van der Waals surface area (Å²) in [4.78, 5) is 0. The van der Waals surface area contributed by atoms with Crippen molar-refractivity contribution < 1.29 is 4.74 Å². The lowest BCUT2D eigenvalue weighted by molar-refractivity contribution is 0.0657. The number of aryl methyl sites for hydroxylation is 4. The number of ether oxygens (including phenoxy) is 1. The maximum atomic E-state index is 6.46. The molecule has 1 fully saturated rings. The van der Waals surface area contributed by atoms with Gasteiger partial charge in [-0.2, -0.15) is 0 Å². The van der Waals surface area contributed by atoms with E-state index in [1.54, 1.807) is 0 Å². The Kier molecular flexibility index (Phi) is 5.37. The lowest BCUT2D eigenvalue weighted by Crippen LogP contribution is -2.28. The van der Waals surface area contributed by atoms with Crippen LogP contribution in [0.3, 0.4) is 0 Å². The van der Waals surface area contributed by atoms with E-state index < -0.39 is 0 Å². The summed E-state index contributed by atoms with van der Waals surface area (Å²) in [5.41, 5.74) is 7.69. The summed E-state index contributed by atoms with van der Waals surface area (Å²) in [5, 5.41) is 3.54. The fourth-order valence-electron chi connectivity index (χ4n) is 3.82. The van der Waals surface area contributed by atoms with E-state index in [9.17, 15) is 0 Å². The normalized spacial score (nSPS) is 17.6. The van der Waals surface area contributed by atoms with Gasteiger partial charge in [-0.05, 0) is 58.2 Å². The molecule has 0 aliphatic carbocycles. The predicted octanol–water partition coefficient (Wildman–Crippen LogP) is 4.78. The van der Waals surface area contributed by atoms with Crippen LogP contribution in [0.5, 0.6) is 0 Å². The Balaban J connectivity index is 1.92. The van der Waals surface area contributed by atoms with E-state index in [0.717, 1.165) is 13.2 Å². The first-order valence-electron chi connectivity index (χ1n) is 9.02. The van der Waals surface area contributed by atoms with Crippen molar-refractivity contribution in [2.75, 3.05) is 13.2 Å². The van der Waals surface area contributed by atoms with Crippen molar-refractivity contribution in [1.82, 2.24) is 5.32 Å². The van der Waals surface area contributed by atoms with Crippen molar-refractivity contribution in [3.63, 3.8) is 0 Å². The van der Waals surface area contributed by atoms with Crippen molar-refractivity contribution in [1.29, 1.82) is 0 Å². The minimum atomic E-state index is 0.00426. The molecule has 0 saturated carbocycles. The van der Waals surface area contributed by atoms with Gasteiger partial charge in [0.15, 0.2) is 0 Å². The SMILES string of the molecule is Cc1cc(C)cc(C(OCC2CCCN2)c2cc(C)cc(C)c2)c1. The molecule has 3 rings (SSSR count). The number of nitrogens with one attached hydrogen (secondary N) is 1. The third-order valence-corrected chi connectivity index (χ3v) is 4.72. The molecule has 0 spiro atoms. The van der Waals surface area contributed by atoms with E-state index in [-0.39, 0.29) is 6.10 Å². The van der Waals surface area contributed by atoms with Gasteiger partial charge in [-0.1, -0.05) is 58.7 Å². The van der Waals surface area contributed by atoms with Gasteiger partial charge in [0.2, 0.25) is 0 Å². The van der Waals surface area contributed by atoms with Crippen LogP contribution in [-0.2, 0) is 4.74 Å². The van der Waals surface area contributed by atoms with Crippen LogP contribution in [0.2, 0.25) is 0 Å². The molecule has 2 nitrogen and oxygen atoms in total. The zero-order valence-electron chi connectivity index (χ0n) is 15.4. The summed E-state index contributed by atoms with van der Waals surface area (Å²) in [6.07, 6.45) is 2.47. The molecule has 2 heteroatoms. The van der Waals surface area contributed by atoms with Crippen LogP contribution >= 0.6 is 0 Å². The van der Waals surface area contributed by atoms with Gasteiger partial charge in [0.1, 0.15) is 6.10 Å². The fraction of sp³-hybridized carbons (Fsp3) is 0.455. The number of benzene rings is 2. The second-order valence-electron chi connectivity index (χ2n) is 7.35. The zero-order valence-corrected chi connectivity index (χ0v) is 15.4. The largest absolute Gasteiger partial charge is 0.367 e. The van der Waals surface area contributed by atoms with Gasteiger partial charge >= 0.3 is 0 Å². The standard InChI is InChI=1S/C22H29NO/c1-15-8-16(2)11-19(10-15)22(24-14-21-6-5-7-23-21)20-12-17(3)9-18(4)13-20/h8-13,21-23H,5-7,14H2,1-4H3. The lowest BCUT2D eigenvalue weighted by atomic mass is 9.95. The highest BCUT2D eigenvalue weighted by Gasteiger charge is 2.20. The lowest BCUT2D eigenvalue weighted by Gasteiger charge is -2.23. The molecule has 128 valence electrons. The van der Waals surface area contributed by atoms with Gasteiger partial charge < -0.3 is 10.1 Å². The highest BCUT2D eigenvalue weighted by Crippen LogP contribution is 2.29. The minimum absolute atomic E-state index is 0.00426. The van der Waals surface area contributed by atoms with Gasteiger partial charge in [-0.15, -0.1) is 0 Å². The van der Waals surface area contributed by atoms with E-state index in [2.05, 4.69) is 69.4 Å². The number of rotatable bonds is 5. The first kappa shape index (κ1) is 17.2. The van der Waals surface area contributed by atoms with Crippen molar-refractivity contribution in [3.05, 3.63) is 69.8 Å². The van der Waals surface area contributed by atoms with E-state index in [0.29, 0.717) is 6.04 Å². The number of hydrogen-bond acceptors (Lipinski definition) is 2. The molecule has 2 aromatic carbocycles. The Morgan fingerprint density at radius 2 is 1.38 bits per heavy atom. The first-order valence-corrected chi connectivity index (χ1v) is 9.02. The Labute approximate surface area is 146 Å². The molecule has 0 aromatic heterocycles. The fourth-order valence-corrected chi connectivity index (χ4v) is 3.82. The monoisotopic (exact) mass is 323 g/mol. The Hall–Kier alpha value is -1.64. The summed E-state index contributed by atoms with van der Waals surface area (Å²) in [5.74, 6) is 0. The molecule has 1 N–H and O–H groups in total. The van der Waals surface area contributed by atoms with Gasteiger partial charge in [-0.3, -0.25) is 0 Å². The molecule has 0 amide bonds. The Morgan fingerprint density at radius 1 is 0.875 bits per heavy atom. The maximum Gasteiger partial charge on any atom is 0.108 e. The van der Waals surface area contributed by atoms with Crippen LogP contribution in [-0.4, -0.2) is 19.2 Å². The molecule has 0 radical (unpaired) electrons. The van der Waals surface area contributed by atoms with Crippen LogP contribution < -0.4 is 5.32 Å². The molecule has 2 aromatic rings. The molecule has 0 bridgehead atoms. The van der Waals surface area contributed by atoms with Gasteiger partial charge in [0, 0.05) is 6.04 Å². The molecule has 1 unspecified atom stereocenters. The van der Waals surface area contributed by atoms with E-state index in [1.807, 2.05) is 0 Å². The molecule has 1 atom stereocenters. The molecule has 1 saturated heterocycles. The van der Waals surface area contributed by atoms with Crippen LogP contribution in [0.25, 0.3) is 0 Å². The molecule has 1 heterocycles. The van der Waals surface area contributed by atoms with E-state index in [4.69, 9.17) is 4.74 Å². The summed E-state index contributed by atoms with van der Waals surface area (Å²) in [7, 11) is 0. The topological polar surface area (TPSA) is 21.3 Å². The van der Waals surface area contributed by atoms with Crippen LogP contribution in [0.4, 0.5) is 0 Å². The van der Waals surface area contributed by atoms with Crippen molar-refractivity contribution >= 4 is 0 Å². The zero-order chi connectivity index (χ0) is 17.1. The Morgan fingerprint density at radius 3 is 1.79 bits per heavy atom. The third-order valence-electron chi connectivity index (χ3n) is 4.72. The predicted molar refractivity (Wildman–Crippen MR) is 101 cm³/mol. The van der Waals surface area contributed by atoms with Crippen molar-refractivity contribution in [2.45, 2.75) is 52.7 Å². The second-order valence-corrected chi connectivity index (χ2v) is 7.35. The van der Waals surface area contributed by atoms with Crippen molar-refractivity contribution in [2.24, 2.45) is 0 Å². The van der Waals surface area contributed by atoms with Crippen LogP contribution in [0.1, 0.15) is 52.3 Å². The minimum Gasteiger partial charge on any atom is -0.367 e. The third kappa shape index (κ3) is 4.25. The highest BCUT2D eigenvalue weighted by molar-refractivity contribution is 5.38. The molecule has 1 aliphatic rings. The Bertz CT molecular complexity index is 609. The number of hydrogen-bond donors (Lipinski definition) is 1. The quantitative estimate of drug-likeness (QED) is 0.855. The van der Waals surface area contributed by atoms with Crippen LogP contribution in [0.15, 0.2) is 36.4 Å². The van der Waals surface area contributed by atoms with E-state index in [1.165, 1.54) is 46.2 Å². The molecule has 24 heavy (non-hydrogen) atoms. The smallest absolute Gasteiger partial charge is 0.108 e. The summed E-state index contributed by atoms with van der Waals surface area (Å²) in [6, 6.07) is 14.0.